The van der Waals surface area contributed by atoms with Crippen molar-refractivity contribution in [3.8, 4) is 16.9 Å². The average molecular weight is 342 g/mol. The highest BCUT2D eigenvalue weighted by Gasteiger charge is 2.17. The Morgan fingerprint density at radius 3 is 2.23 bits per heavy atom. The molecule has 0 saturated carbocycles. The minimum absolute atomic E-state index is 0.691. The van der Waals surface area contributed by atoms with Crippen molar-refractivity contribution < 1.29 is 9.53 Å². The molecule has 0 heterocycles. The van der Waals surface area contributed by atoms with Crippen LogP contribution in [0.2, 0.25) is 0 Å². The molecule has 0 bridgehead atoms. The van der Waals surface area contributed by atoms with Crippen LogP contribution in [0.1, 0.15) is 32.6 Å². The van der Waals surface area contributed by atoms with Gasteiger partial charge in [-0.1, -0.05) is 66.7 Å². The number of methoxy groups -OCH3 is 1. The van der Waals surface area contributed by atoms with E-state index in [2.05, 4.69) is 19.1 Å². The minimum Gasteiger partial charge on any atom is -0.496 e. The highest BCUT2D eigenvalue weighted by molar-refractivity contribution is 5.92. The summed E-state index contributed by atoms with van der Waals surface area (Å²) in [4.78, 5) is 11.9. The van der Waals surface area contributed by atoms with E-state index in [9.17, 15) is 4.79 Å². The molecule has 2 nitrogen and oxygen atoms in total. The Balaban J connectivity index is 2.17. The minimum atomic E-state index is 0.691. The van der Waals surface area contributed by atoms with Gasteiger partial charge in [0, 0.05) is 11.1 Å². The molecule has 3 aromatic rings. The predicted molar refractivity (Wildman–Crippen MR) is 109 cm³/mol. The first-order chi connectivity index (χ1) is 12.7. The van der Waals surface area contributed by atoms with Gasteiger partial charge in [0.25, 0.3) is 0 Å². The number of aldehydes is 1. The van der Waals surface area contributed by atoms with Gasteiger partial charge in [0.2, 0.25) is 0 Å². The first kappa shape index (κ1) is 17.7. The lowest BCUT2D eigenvalue weighted by Crippen LogP contribution is -2.00. The molecular formula is C24H22O2. The number of carbonyl (C=O) groups excluding carboxylic acids is 1. The predicted octanol–water partition coefficient (Wildman–Crippen LogP) is 5.96. The van der Waals surface area contributed by atoms with Crippen molar-refractivity contribution in [3.63, 3.8) is 0 Å². The zero-order chi connectivity index (χ0) is 18.5. The second kappa shape index (κ2) is 7.83. The Hall–Kier alpha value is -3.13. The second-order valence-corrected chi connectivity index (χ2v) is 6.26. The molecule has 26 heavy (non-hydrogen) atoms. The van der Waals surface area contributed by atoms with E-state index in [1.165, 1.54) is 0 Å². The maximum atomic E-state index is 11.9. The molecule has 0 aliphatic heterocycles. The molecule has 0 N–H and O–H groups in total. The topological polar surface area (TPSA) is 26.3 Å². The van der Waals surface area contributed by atoms with Gasteiger partial charge in [-0.15, -0.1) is 0 Å². The maximum Gasteiger partial charge on any atom is 0.150 e. The highest BCUT2D eigenvalue weighted by atomic mass is 16.5. The van der Waals surface area contributed by atoms with Gasteiger partial charge >= 0.3 is 0 Å². The lowest BCUT2D eigenvalue weighted by molar-refractivity contribution is 0.112. The molecule has 0 unspecified atom stereocenters. The Morgan fingerprint density at radius 1 is 0.885 bits per heavy atom. The van der Waals surface area contributed by atoms with Crippen LogP contribution in [0.25, 0.3) is 23.3 Å². The fourth-order valence-corrected chi connectivity index (χ4v) is 3.22. The zero-order valence-electron chi connectivity index (χ0n) is 15.3. The monoisotopic (exact) mass is 342 g/mol. The summed E-state index contributed by atoms with van der Waals surface area (Å²) in [5, 5.41) is 0. The number of benzene rings is 3. The van der Waals surface area contributed by atoms with Gasteiger partial charge in [0.05, 0.1) is 7.11 Å². The van der Waals surface area contributed by atoms with Crippen LogP contribution >= 0.6 is 0 Å². The van der Waals surface area contributed by atoms with Crippen molar-refractivity contribution in [1.82, 2.24) is 0 Å². The van der Waals surface area contributed by atoms with E-state index >= 15 is 0 Å². The van der Waals surface area contributed by atoms with E-state index in [-0.39, 0.29) is 0 Å². The van der Waals surface area contributed by atoms with Crippen LogP contribution < -0.4 is 4.74 Å². The van der Waals surface area contributed by atoms with Gasteiger partial charge in [-0.3, -0.25) is 4.79 Å². The van der Waals surface area contributed by atoms with E-state index < -0.39 is 0 Å². The second-order valence-electron chi connectivity index (χ2n) is 6.26. The van der Waals surface area contributed by atoms with E-state index in [0.29, 0.717) is 5.56 Å². The third kappa shape index (κ3) is 3.45. The summed E-state index contributed by atoms with van der Waals surface area (Å²) in [5.41, 5.74) is 6.78. The van der Waals surface area contributed by atoms with Crippen LogP contribution in [-0.2, 0) is 0 Å². The van der Waals surface area contributed by atoms with Gasteiger partial charge in [0.15, 0.2) is 6.29 Å². The number of ether oxygens (including phenoxy) is 1. The molecule has 0 saturated heterocycles. The Labute approximate surface area is 154 Å². The van der Waals surface area contributed by atoms with Gasteiger partial charge in [-0.05, 0) is 47.7 Å². The fraction of sp³-hybridized carbons (Fsp3) is 0.125. The van der Waals surface area contributed by atoms with E-state index in [4.69, 9.17) is 4.74 Å². The maximum absolute atomic E-state index is 11.9. The molecule has 0 aliphatic rings. The molecule has 0 aromatic heterocycles. The first-order valence-corrected chi connectivity index (χ1v) is 8.61. The van der Waals surface area contributed by atoms with Crippen LogP contribution in [-0.4, -0.2) is 13.4 Å². The van der Waals surface area contributed by atoms with Gasteiger partial charge in [-0.2, -0.15) is 0 Å². The van der Waals surface area contributed by atoms with Crippen molar-refractivity contribution in [3.05, 3.63) is 88.5 Å². The molecule has 0 amide bonds. The molecule has 2 heteroatoms. The smallest absolute Gasteiger partial charge is 0.150 e. The summed E-state index contributed by atoms with van der Waals surface area (Å²) < 4.78 is 5.68. The molecule has 3 rings (SSSR count). The average Bonchev–Trinajstić information content (AvgIpc) is 2.67. The number of rotatable bonds is 5. The lowest BCUT2D eigenvalue weighted by Gasteiger charge is -2.17. The SMILES string of the molecule is COc1cc(/C=C/c2ccccc2)c(C=O)c(C)c1-c1ccccc1C. The first-order valence-electron chi connectivity index (χ1n) is 8.61. The largest absolute Gasteiger partial charge is 0.496 e. The van der Waals surface area contributed by atoms with Gasteiger partial charge < -0.3 is 4.74 Å². The molecule has 0 spiro atoms. The van der Waals surface area contributed by atoms with E-state index in [0.717, 1.165) is 45.4 Å². The Kier molecular flexibility index (Phi) is 5.33. The molecule has 3 aromatic carbocycles. The van der Waals surface area contributed by atoms with Crippen LogP contribution in [0.3, 0.4) is 0 Å². The van der Waals surface area contributed by atoms with Gasteiger partial charge in [-0.25, -0.2) is 0 Å². The van der Waals surface area contributed by atoms with E-state index in [1.54, 1.807) is 7.11 Å². The number of hydrogen-bond acceptors (Lipinski definition) is 2. The Bertz CT molecular complexity index is 953. The summed E-state index contributed by atoms with van der Waals surface area (Å²) in [5.74, 6) is 0.773. The fourth-order valence-electron chi connectivity index (χ4n) is 3.22. The summed E-state index contributed by atoms with van der Waals surface area (Å²) in [6.07, 6.45) is 4.91. The molecule has 130 valence electrons. The van der Waals surface area contributed by atoms with Crippen molar-refractivity contribution in [2.75, 3.05) is 7.11 Å². The number of carbonyl (C=O) groups is 1. The van der Waals surface area contributed by atoms with Crippen molar-refractivity contribution in [2.24, 2.45) is 0 Å². The standard InChI is InChI=1S/C24H22O2/c1-17-9-7-8-12-21(17)24-18(2)22(16-25)20(15-23(24)26-3)14-13-19-10-5-4-6-11-19/h4-16H,1-3H3/b14-13+. The van der Waals surface area contributed by atoms with Crippen molar-refractivity contribution >= 4 is 18.4 Å². The third-order valence-corrected chi connectivity index (χ3v) is 4.63. The Morgan fingerprint density at radius 2 is 1.58 bits per heavy atom. The van der Waals surface area contributed by atoms with Crippen LogP contribution in [0, 0.1) is 13.8 Å². The lowest BCUT2D eigenvalue weighted by atomic mass is 9.90. The normalized spacial score (nSPS) is 10.9. The molecule has 0 atom stereocenters. The number of hydrogen-bond donors (Lipinski definition) is 0. The highest BCUT2D eigenvalue weighted by Crippen LogP contribution is 2.38. The molecule has 0 radical (unpaired) electrons. The van der Waals surface area contributed by atoms with Crippen LogP contribution in [0.4, 0.5) is 0 Å². The van der Waals surface area contributed by atoms with Gasteiger partial charge in [0.1, 0.15) is 5.75 Å². The summed E-state index contributed by atoms with van der Waals surface area (Å²) >= 11 is 0. The molecule has 0 fully saturated rings. The molecular weight excluding hydrogens is 320 g/mol. The zero-order valence-corrected chi connectivity index (χ0v) is 15.3. The third-order valence-electron chi connectivity index (χ3n) is 4.63. The van der Waals surface area contributed by atoms with Crippen molar-refractivity contribution in [1.29, 1.82) is 0 Å². The van der Waals surface area contributed by atoms with Crippen LogP contribution in [0.5, 0.6) is 5.75 Å². The number of aryl methyl sites for hydroxylation is 1. The molecule has 0 aliphatic carbocycles. The van der Waals surface area contributed by atoms with Crippen molar-refractivity contribution in [2.45, 2.75) is 13.8 Å². The van der Waals surface area contributed by atoms with E-state index in [1.807, 2.05) is 67.6 Å². The van der Waals surface area contributed by atoms with Crippen LogP contribution in [0.15, 0.2) is 60.7 Å². The summed E-state index contributed by atoms with van der Waals surface area (Å²) in [6.45, 7) is 4.05. The summed E-state index contributed by atoms with van der Waals surface area (Å²) in [7, 11) is 1.67. The summed E-state index contributed by atoms with van der Waals surface area (Å²) in [6, 6.07) is 20.1. The quantitative estimate of drug-likeness (QED) is 0.422.